The van der Waals surface area contributed by atoms with Crippen LogP contribution in [0.4, 0.5) is 5.69 Å². The molecule has 174 valence electrons. The van der Waals surface area contributed by atoms with Gasteiger partial charge in [-0.1, -0.05) is 37.6 Å². The van der Waals surface area contributed by atoms with E-state index in [0.717, 1.165) is 36.1 Å². The van der Waals surface area contributed by atoms with Crippen molar-refractivity contribution in [3.8, 4) is 5.75 Å². The van der Waals surface area contributed by atoms with Crippen molar-refractivity contribution in [1.29, 1.82) is 0 Å². The second-order valence-electron chi connectivity index (χ2n) is 8.51. The quantitative estimate of drug-likeness (QED) is 0.495. The monoisotopic (exact) mass is 448 g/mol. The van der Waals surface area contributed by atoms with Crippen molar-refractivity contribution in [2.75, 3.05) is 18.5 Å². The predicted octanol–water partition coefficient (Wildman–Crippen LogP) is 4.31. The van der Waals surface area contributed by atoms with Crippen LogP contribution < -0.4 is 10.1 Å². The van der Waals surface area contributed by atoms with E-state index in [-0.39, 0.29) is 11.8 Å². The standard InChI is InChI=1S/C26H32N4O3/c1-3-4-18-33-23-14-8-6-11-20(23)28-26(32)22-13-9-17-30(22)25(31)16-15-24-27-19-10-5-7-12-21(19)29(24)2/h5-8,10-12,14,22H,3-4,9,13,15-18H2,1-2H3,(H,28,32)/t22-/m0/s1. The van der Waals surface area contributed by atoms with Crippen LogP contribution in [0.25, 0.3) is 11.0 Å². The minimum Gasteiger partial charge on any atom is -0.491 e. The molecule has 1 fully saturated rings. The number of hydrogen-bond acceptors (Lipinski definition) is 4. The van der Waals surface area contributed by atoms with Gasteiger partial charge in [0.1, 0.15) is 17.6 Å². The maximum atomic E-state index is 13.1. The number of benzene rings is 2. The van der Waals surface area contributed by atoms with E-state index in [1.807, 2.05) is 60.1 Å². The van der Waals surface area contributed by atoms with Gasteiger partial charge < -0.3 is 19.5 Å². The second-order valence-corrected chi connectivity index (χ2v) is 8.51. The molecule has 33 heavy (non-hydrogen) atoms. The first-order chi connectivity index (χ1) is 16.1. The smallest absolute Gasteiger partial charge is 0.247 e. The Morgan fingerprint density at radius 1 is 1.15 bits per heavy atom. The van der Waals surface area contributed by atoms with Crippen LogP contribution in [0.2, 0.25) is 0 Å². The zero-order valence-corrected chi connectivity index (χ0v) is 19.4. The van der Waals surface area contributed by atoms with Gasteiger partial charge in [0, 0.05) is 26.4 Å². The van der Waals surface area contributed by atoms with Crippen LogP contribution in [0, 0.1) is 0 Å². The number of fused-ring (bicyclic) bond motifs is 1. The van der Waals surface area contributed by atoms with Crippen LogP contribution in [-0.2, 0) is 23.1 Å². The molecule has 2 aromatic carbocycles. The average Bonchev–Trinajstić information content (AvgIpc) is 3.44. The molecule has 1 atom stereocenters. The molecule has 2 heterocycles. The lowest BCUT2D eigenvalue weighted by Gasteiger charge is -2.24. The number of carbonyl (C=O) groups is 2. The summed E-state index contributed by atoms with van der Waals surface area (Å²) in [7, 11) is 1.97. The first-order valence-electron chi connectivity index (χ1n) is 11.8. The second kappa shape index (κ2) is 10.5. The Kier molecular flexibility index (Phi) is 7.27. The number of nitrogens with zero attached hydrogens (tertiary/aromatic N) is 3. The van der Waals surface area contributed by atoms with Crippen LogP contribution >= 0.6 is 0 Å². The van der Waals surface area contributed by atoms with E-state index < -0.39 is 6.04 Å². The number of para-hydroxylation sites is 4. The fraction of sp³-hybridized carbons (Fsp3) is 0.423. The van der Waals surface area contributed by atoms with Gasteiger partial charge in [-0.2, -0.15) is 0 Å². The van der Waals surface area contributed by atoms with Gasteiger partial charge in [0.25, 0.3) is 0 Å². The van der Waals surface area contributed by atoms with E-state index in [1.54, 1.807) is 4.90 Å². The van der Waals surface area contributed by atoms with Crippen LogP contribution in [-0.4, -0.2) is 45.5 Å². The summed E-state index contributed by atoms with van der Waals surface area (Å²) in [5, 5.41) is 2.99. The third-order valence-corrected chi connectivity index (χ3v) is 6.22. The minimum absolute atomic E-state index is 0.00723. The van der Waals surface area contributed by atoms with Gasteiger partial charge in [0.05, 0.1) is 23.3 Å². The summed E-state index contributed by atoms with van der Waals surface area (Å²) < 4.78 is 7.87. The molecule has 1 saturated heterocycles. The van der Waals surface area contributed by atoms with Crippen molar-refractivity contribution in [3.05, 3.63) is 54.4 Å². The maximum Gasteiger partial charge on any atom is 0.247 e. The van der Waals surface area contributed by atoms with E-state index >= 15 is 0 Å². The third kappa shape index (κ3) is 5.18. The lowest BCUT2D eigenvalue weighted by molar-refractivity contribution is -0.136. The third-order valence-electron chi connectivity index (χ3n) is 6.22. The Hall–Kier alpha value is -3.35. The number of aryl methyl sites for hydroxylation is 2. The Morgan fingerprint density at radius 3 is 2.76 bits per heavy atom. The number of likely N-dealkylation sites (tertiary alicyclic amines) is 1. The van der Waals surface area contributed by atoms with E-state index in [1.165, 1.54) is 0 Å². The van der Waals surface area contributed by atoms with Crippen molar-refractivity contribution in [1.82, 2.24) is 14.5 Å². The molecule has 7 heteroatoms. The number of ether oxygens (including phenoxy) is 1. The van der Waals surface area contributed by atoms with Gasteiger partial charge >= 0.3 is 0 Å². The summed E-state index contributed by atoms with van der Waals surface area (Å²) in [5.74, 6) is 1.38. The summed E-state index contributed by atoms with van der Waals surface area (Å²) in [5.41, 5.74) is 2.64. The summed E-state index contributed by atoms with van der Waals surface area (Å²) in [6, 6.07) is 15.0. The lowest BCUT2D eigenvalue weighted by Crippen LogP contribution is -2.43. The minimum atomic E-state index is -0.457. The number of anilines is 1. The molecule has 0 bridgehead atoms. The molecule has 0 aliphatic carbocycles. The number of hydrogen-bond donors (Lipinski definition) is 1. The molecule has 1 aliphatic heterocycles. The van der Waals surface area contributed by atoms with Crippen LogP contribution in [0.5, 0.6) is 5.75 Å². The topological polar surface area (TPSA) is 76.5 Å². The molecule has 3 aromatic rings. The highest BCUT2D eigenvalue weighted by atomic mass is 16.5. The first kappa shape index (κ1) is 22.8. The molecule has 0 saturated carbocycles. The summed E-state index contributed by atoms with van der Waals surface area (Å²) in [4.78, 5) is 32.5. The normalized spacial score (nSPS) is 15.7. The summed E-state index contributed by atoms with van der Waals surface area (Å²) >= 11 is 0. The van der Waals surface area contributed by atoms with E-state index in [2.05, 4.69) is 17.2 Å². The molecule has 7 nitrogen and oxygen atoms in total. The van der Waals surface area contributed by atoms with E-state index in [9.17, 15) is 9.59 Å². The molecule has 1 aliphatic rings. The number of imidazole rings is 1. The molecule has 2 amide bonds. The molecule has 0 unspecified atom stereocenters. The average molecular weight is 449 g/mol. The molecular formula is C26H32N4O3. The van der Waals surface area contributed by atoms with Crippen molar-refractivity contribution >= 4 is 28.5 Å². The molecular weight excluding hydrogens is 416 g/mol. The largest absolute Gasteiger partial charge is 0.491 e. The van der Waals surface area contributed by atoms with Gasteiger partial charge in [-0.25, -0.2) is 4.98 Å². The Labute approximate surface area is 194 Å². The van der Waals surface area contributed by atoms with Gasteiger partial charge in [-0.3, -0.25) is 9.59 Å². The van der Waals surface area contributed by atoms with E-state index in [0.29, 0.717) is 43.9 Å². The Balaban J connectivity index is 1.38. The molecule has 1 aromatic heterocycles. The fourth-order valence-electron chi connectivity index (χ4n) is 4.36. The van der Waals surface area contributed by atoms with Crippen molar-refractivity contribution in [3.63, 3.8) is 0 Å². The number of nitrogens with one attached hydrogen (secondary N) is 1. The fourth-order valence-corrected chi connectivity index (χ4v) is 4.36. The van der Waals surface area contributed by atoms with Gasteiger partial charge in [-0.05, 0) is 43.5 Å². The molecule has 0 radical (unpaired) electrons. The highest BCUT2D eigenvalue weighted by Gasteiger charge is 2.34. The zero-order chi connectivity index (χ0) is 23.2. The van der Waals surface area contributed by atoms with Crippen molar-refractivity contribution < 1.29 is 14.3 Å². The Morgan fingerprint density at radius 2 is 1.94 bits per heavy atom. The first-order valence-corrected chi connectivity index (χ1v) is 11.8. The molecule has 0 spiro atoms. The number of unbranched alkanes of at least 4 members (excludes halogenated alkanes) is 1. The highest BCUT2D eigenvalue weighted by Crippen LogP contribution is 2.27. The lowest BCUT2D eigenvalue weighted by atomic mass is 10.1. The van der Waals surface area contributed by atoms with E-state index in [4.69, 9.17) is 4.74 Å². The molecule has 4 rings (SSSR count). The van der Waals surface area contributed by atoms with Gasteiger partial charge in [0.15, 0.2) is 0 Å². The highest BCUT2D eigenvalue weighted by molar-refractivity contribution is 5.98. The van der Waals surface area contributed by atoms with Crippen molar-refractivity contribution in [2.45, 2.75) is 51.5 Å². The predicted molar refractivity (Wildman–Crippen MR) is 129 cm³/mol. The number of rotatable bonds is 9. The Bertz CT molecular complexity index is 1120. The summed E-state index contributed by atoms with van der Waals surface area (Å²) in [6.45, 7) is 3.33. The van der Waals surface area contributed by atoms with Gasteiger partial charge in [0.2, 0.25) is 11.8 Å². The zero-order valence-electron chi connectivity index (χ0n) is 19.4. The SMILES string of the molecule is CCCCOc1ccccc1NC(=O)[C@@H]1CCCN1C(=O)CCc1nc2ccccc2n1C. The van der Waals surface area contributed by atoms with Gasteiger partial charge in [-0.15, -0.1) is 0 Å². The summed E-state index contributed by atoms with van der Waals surface area (Å²) in [6.07, 6.45) is 4.37. The number of carbonyl (C=O) groups excluding carboxylic acids is 2. The maximum absolute atomic E-state index is 13.1. The molecule has 1 N–H and O–H groups in total. The number of amides is 2. The number of aromatic nitrogens is 2. The van der Waals surface area contributed by atoms with Crippen LogP contribution in [0.1, 0.15) is 44.9 Å². The van der Waals surface area contributed by atoms with Crippen molar-refractivity contribution in [2.24, 2.45) is 7.05 Å². The van der Waals surface area contributed by atoms with Crippen LogP contribution in [0.15, 0.2) is 48.5 Å². The van der Waals surface area contributed by atoms with Crippen LogP contribution in [0.3, 0.4) is 0 Å².